The summed E-state index contributed by atoms with van der Waals surface area (Å²) in [5.41, 5.74) is 0. The topological polar surface area (TPSA) is 69.6 Å². The highest BCUT2D eigenvalue weighted by Crippen LogP contribution is 2.17. The average molecular weight is 284 g/mol. The molecule has 5 nitrogen and oxygen atoms in total. The maximum absolute atomic E-state index is 12.1. The van der Waals surface area contributed by atoms with Crippen molar-refractivity contribution in [2.45, 2.75) is 46.5 Å². The quantitative estimate of drug-likeness (QED) is 0.787. The summed E-state index contributed by atoms with van der Waals surface area (Å²) in [4.78, 5) is 24.8. The van der Waals surface area contributed by atoms with E-state index in [-0.39, 0.29) is 18.4 Å². The van der Waals surface area contributed by atoms with Gasteiger partial charge in [0.05, 0.1) is 0 Å². The molecule has 1 saturated heterocycles. The Labute approximate surface area is 121 Å². The zero-order valence-corrected chi connectivity index (χ0v) is 12.9. The highest BCUT2D eigenvalue weighted by molar-refractivity contribution is 5.74. The molecule has 2 N–H and O–H groups in total. The molecule has 1 fully saturated rings. The van der Waals surface area contributed by atoms with Crippen LogP contribution >= 0.6 is 0 Å². The second-order valence-corrected chi connectivity index (χ2v) is 6.47. The summed E-state index contributed by atoms with van der Waals surface area (Å²) in [6, 6.07) is -0.0457. The Morgan fingerprint density at radius 2 is 2.10 bits per heavy atom. The van der Waals surface area contributed by atoms with Gasteiger partial charge < -0.3 is 15.3 Å². The summed E-state index contributed by atoms with van der Waals surface area (Å²) in [5.74, 6) is 0.210. The molecule has 2 amide bonds. The minimum absolute atomic E-state index is 0.0127. The predicted octanol–water partition coefficient (Wildman–Crippen LogP) is 2.56. The summed E-state index contributed by atoms with van der Waals surface area (Å²) in [6.45, 7) is 8.37. The number of carboxylic acids is 1. The first-order chi connectivity index (χ1) is 9.38. The van der Waals surface area contributed by atoms with Gasteiger partial charge in [0.25, 0.3) is 0 Å². The fraction of sp³-hybridized carbons (Fsp3) is 0.867. The molecule has 2 unspecified atom stereocenters. The van der Waals surface area contributed by atoms with E-state index < -0.39 is 5.97 Å². The van der Waals surface area contributed by atoms with Crippen LogP contribution in [0.1, 0.15) is 46.5 Å². The van der Waals surface area contributed by atoms with E-state index >= 15 is 0 Å². The van der Waals surface area contributed by atoms with Crippen molar-refractivity contribution < 1.29 is 14.7 Å². The maximum Gasteiger partial charge on any atom is 0.317 e. The first-order valence-electron chi connectivity index (χ1n) is 7.63. The van der Waals surface area contributed by atoms with Gasteiger partial charge >= 0.3 is 12.0 Å². The minimum atomic E-state index is -0.795. The normalized spacial score (nSPS) is 20.8. The number of urea groups is 1. The summed E-state index contributed by atoms with van der Waals surface area (Å²) in [7, 11) is 0. The third-order valence-corrected chi connectivity index (χ3v) is 3.75. The molecule has 1 heterocycles. The second kappa shape index (κ2) is 8.12. The van der Waals surface area contributed by atoms with E-state index in [0.717, 1.165) is 25.9 Å². The highest BCUT2D eigenvalue weighted by atomic mass is 16.4. The van der Waals surface area contributed by atoms with E-state index in [2.05, 4.69) is 26.1 Å². The molecule has 5 heteroatoms. The van der Waals surface area contributed by atoms with Crippen molar-refractivity contribution in [3.8, 4) is 0 Å². The Kier molecular flexibility index (Phi) is 6.82. The number of carbonyl (C=O) groups is 2. The van der Waals surface area contributed by atoms with Crippen LogP contribution in [0.2, 0.25) is 0 Å². The standard InChI is InChI=1S/C15H28N2O3/c1-11(2)7-13(8-14(18)19)9-16-15(20)17-6-4-5-12(3)10-17/h11-13H,4-10H2,1-3H3,(H,16,20)(H,18,19). The Bertz CT molecular complexity index is 331. The summed E-state index contributed by atoms with van der Waals surface area (Å²) >= 11 is 0. The number of carboxylic acid groups (broad SMARTS) is 1. The molecular formula is C15H28N2O3. The third kappa shape index (κ3) is 6.26. The number of hydrogen-bond acceptors (Lipinski definition) is 2. The average Bonchev–Trinajstić information content (AvgIpc) is 2.34. The van der Waals surface area contributed by atoms with E-state index in [1.807, 2.05) is 4.90 Å². The van der Waals surface area contributed by atoms with Gasteiger partial charge in [0, 0.05) is 26.1 Å². The van der Waals surface area contributed by atoms with Crippen LogP contribution in [0.4, 0.5) is 4.79 Å². The minimum Gasteiger partial charge on any atom is -0.481 e. The Hall–Kier alpha value is -1.26. The van der Waals surface area contributed by atoms with E-state index in [9.17, 15) is 9.59 Å². The first kappa shape index (κ1) is 16.8. The van der Waals surface area contributed by atoms with Crippen LogP contribution in [0.5, 0.6) is 0 Å². The first-order valence-corrected chi connectivity index (χ1v) is 7.63. The molecule has 0 aliphatic carbocycles. The molecule has 2 atom stereocenters. The molecule has 1 aliphatic rings. The monoisotopic (exact) mass is 284 g/mol. The molecule has 0 aromatic rings. The zero-order valence-electron chi connectivity index (χ0n) is 12.9. The molecule has 20 heavy (non-hydrogen) atoms. The van der Waals surface area contributed by atoms with Gasteiger partial charge in [-0.15, -0.1) is 0 Å². The Balaban J connectivity index is 2.40. The molecule has 116 valence electrons. The zero-order chi connectivity index (χ0) is 15.1. The van der Waals surface area contributed by atoms with Crippen LogP contribution in [-0.4, -0.2) is 41.6 Å². The van der Waals surface area contributed by atoms with Crippen LogP contribution in [0.15, 0.2) is 0 Å². The lowest BCUT2D eigenvalue weighted by molar-refractivity contribution is -0.138. The van der Waals surface area contributed by atoms with Crippen molar-refractivity contribution in [2.75, 3.05) is 19.6 Å². The number of nitrogens with zero attached hydrogens (tertiary/aromatic N) is 1. The summed E-state index contributed by atoms with van der Waals surface area (Å²) in [6.07, 6.45) is 3.18. The van der Waals surface area contributed by atoms with Gasteiger partial charge in [-0.2, -0.15) is 0 Å². The number of amides is 2. The fourth-order valence-corrected chi connectivity index (χ4v) is 2.87. The van der Waals surface area contributed by atoms with Crippen LogP contribution in [0.3, 0.4) is 0 Å². The van der Waals surface area contributed by atoms with Crippen molar-refractivity contribution >= 4 is 12.0 Å². The van der Waals surface area contributed by atoms with Crippen LogP contribution < -0.4 is 5.32 Å². The number of aliphatic carboxylic acids is 1. The highest BCUT2D eigenvalue weighted by Gasteiger charge is 2.22. The molecule has 0 saturated carbocycles. The van der Waals surface area contributed by atoms with Gasteiger partial charge in [-0.25, -0.2) is 4.79 Å². The molecular weight excluding hydrogens is 256 g/mol. The van der Waals surface area contributed by atoms with Gasteiger partial charge in [-0.3, -0.25) is 4.79 Å². The van der Waals surface area contributed by atoms with Crippen LogP contribution in [-0.2, 0) is 4.79 Å². The number of carbonyl (C=O) groups excluding carboxylic acids is 1. The predicted molar refractivity (Wildman–Crippen MR) is 78.6 cm³/mol. The number of rotatable bonds is 6. The number of likely N-dealkylation sites (tertiary alicyclic amines) is 1. The lowest BCUT2D eigenvalue weighted by Crippen LogP contribution is -2.46. The molecule has 1 aliphatic heterocycles. The van der Waals surface area contributed by atoms with Gasteiger partial charge in [-0.1, -0.05) is 20.8 Å². The van der Waals surface area contributed by atoms with Crippen molar-refractivity contribution in [2.24, 2.45) is 17.8 Å². The van der Waals surface area contributed by atoms with Crippen molar-refractivity contribution in [1.29, 1.82) is 0 Å². The van der Waals surface area contributed by atoms with Gasteiger partial charge in [0.15, 0.2) is 0 Å². The molecule has 0 aromatic carbocycles. The largest absolute Gasteiger partial charge is 0.481 e. The number of hydrogen-bond donors (Lipinski definition) is 2. The van der Waals surface area contributed by atoms with Crippen molar-refractivity contribution in [3.05, 3.63) is 0 Å². The smallest absolute Gasteiger partial charge is 0.317 e. The van der Waals surface area contributed by atoms with Crippen molar-refractivity contribution in [1.82, 2.24) is 10.2 Å². The molecule has 1 rings (SSSR count). The van der Waals surface area contributed by atoms with Gasteiger partial charge in [0.2, 0.25) is 0 Å². The molecule has 0 radical (unpaired) electrons. The van der Waals surface area contributed by atoms with Crippen LogP contribution in [0, 0.1) is 17.8 Å². The lowest BCUT2D eigenvalue weighted by Gasteiger charge is -2.31. The van der Waals surface area contributed by atoms with Gasteiger partial charge in [-0.05, 0) is 37.0 Å². The Morgan fingerprint density at radius 3 is 2.65 bits per heavy atom. The number of piperidine rings is 1. The Morgan fingerprint density at radius 1 is 1.40 bits per heavy atom. The lowest BCUT2D eigenvalue weighted by atomic mass is 9.94. The van der Waals surface area contributed by atoms with Gasteiger partial charge in [0.1, 0.15) is 0 Å². The molecule has 0 spiro atoms. The third-order valence-electron chi connectivity index (χ3n) is 3.75. The second-order valence-electron chi connectivity index (χ2n) is 6.47. The van der Waals surface area contributed by atoms with E-state index in [1.54, 1.807) is 0 Å². The van der Waals surface area contributed by atoms with Crippen LogP contribution in [0.25, 0.3) is 0 Å². The van der Waals surface area contributed by atoms with E-state index in [4.69, 9.17) is 5.11 Å². The van der Waals surface area contributed by atoms with E-state index in [1.165, 1.54) is 6.42 Å². The SMILES string of the molecule is CC(C)CC(CNC(=O)N1CCCC(C)C1)CC(=O)O. The molecule has 0 aromatic heterocycles. The van der Waals surface area contributed by atoms with Crippen molar-refractivity contribution in [3.63, 3.8) is 0 Å². The molecule has 0 bridgehead atoms. The fourth-order valence-electron chi connectivity index (χ4n) is 2.87. The summed E-state index contributed by atoms with van der Waals surface area (Å²) in [5, 5.41) is 11.8. The summed E-state index contributed by atoms with van der Waals surface area (Å²) < 4.78 is 0. The number of nitrogens with one attached hydrogen (secondary N) is 1. The van der Waals surface area contributed by atoms with E-state index in [0.29, 0.717) is 18.4 Å². The maximum atomic E-state index is 12.1.